The minimum atomic E-state index is -0.124. The average Bonchev–Trinajstić information content (AvgIpc) is 2.98. The lowest BCUT2D eigenvalue weighted by Crippen LogP contribution is -2.05. The van der Waals surface area contributed by atoms with Crippen molar-refractivity contribution in [1.29, 1.82) is 0 Å². The van der Waals surface area contributed by atoms with Gasteiger partial charge >= 0.3 is 0 Å². The minimum absolute atomic E-state index is 0.124. The average molecular weight is 317 g/mol. The number of anilines is 1. The molecule has 0 saturated carbocycles. The minimum Gasteiger partial charge on any atom is -0.507 e. The molecule has 0 unspecified atom stereocenters. The van der Waals surface area contributed by atoms with E-state index in [1.54, 1.807) is 6.07 Å². The third-order valence-electron chi connectivity index (χ3n) is 3.96. The van der Waals surface area contributed by atoms with Gasteiger partial charge in [-0.15, -0.1) is 0 Å². The Bertz CT molecular complexity index is 1080. The Morgan fingerprint density at radius 1 is 1.12 bits per heavy atom. The highest BCUT2D eigenvalue weighted by molar-refractivity contribution is 5.95. The monoisotopic (exact) mass is 317 g/mol. The van der Waals surface area contributed by atoms with Crippen LogP contribution < -0.4 is 5.32 Å². The van der Waals surface area contributed by atoms with Gasteiger partial charge in [-0.25, -0.2) is 4.98 Å². The number of aromatic nitrogens is 2. The van der Waals surface area contributed by atoms with Crippen molar-refractivity contribution in [2.75, 3.05) is 5.32 Å². The normalized spacial score (nSPS) is 11.0. The van der Waals surface area contributed by atoms with Crippen molar-refractivity contribution in [2.24, 2.45) is 0 Å². The van der Waals surface area contributed by atoms with Gasteiger partial charge in [-0.3, -0.25) is 4.79 Å². The molecule has 0 aliphatic rings. The Morgan fingerprint density at radius 3 is 2.79 bits per heavy atom. The summed E-state index contributed by atoms with van der Waals surface area (Å²) in [6.07, 6.45) is 0. The second-order valence-electron chi connectivity index (χ2n) is 5.68. The number of carbonyl (C=O) groups is 1. The number of aromatic hydroxyl groups is 1. The Balaban J connectivity index is 1.84. The molecule has 0 spiro atoms. The van der Waals surface area contributed by atoms with Crippen LogP contribution in [0.3, 0.4) is 0 Å². The highest BCUT2D eigenvalue weighted by Crippen LogP contribution is 2.35. The van der Waals surface area contributed by atoms with Gasteiger partial charge < -0.3 is 15.4 Å². The fraction of sp³-hybridized carbons (Fsp3) is 0.0526. The summed E-state index contributed by atoms with van der Waals surface area (Å²) < 4.78 is 0. The molecule has 0 saturated heterocycles. The number of aromatic amines is 1. The molecule has 5 heteroatoms. The number of nitrogens with one attached hydrogen (secondary N) is 2. The molecule has 1 heterocycles. The quantitative estimate of drug-likeness (QED) is 0.522. The number of H-pyrrole nitrogens is 1. The maximum Gasteiger partial charge on any atom is 0.221 e. The zero-order valence-corrected chi connectivity index (χ0v) is 13.0. The van der Waals surface area contributed by atoms with Gasteiger partial charge in [-0.1, -0.05) is 30.3 Å². The van der Waals surface area contributed by atoms with Gasteiger partial charge in [0.05, 0.1) is 16.6 Å². The lowest BCUT2D eigenvalue weighted by Gasteiger charge is -2.05. The molecule has 0 radical (unpaired) electrons. The van der Waals surface area contributed by atoms with E-state index in [9.17, 15) is 9.90 Å². The Kier molecular flexibility index (Phi) is 3.20. The summed E-state index contributed by atoms with van der Waals surface area (Å²) >= 11 is 0. The number of hydrogen-bond donors (Lipinski definition) is 3. The number of benzene rings is 3. The molecule has 0 atom stereocenters. The summed E-state index contributed by atoms with van der Waals surface area (Å²) in [5.74, 6) is 0.670. The first-order valence-electron chi connectivity index (χ1n) is 7.60. The van der Waals surface area contributed by atoms with Crippen molar-refractivity contribution in [3.05, 3.63) is 54.6 Å². The molecular formula is C19H15N3O2. The van der Waals surface area contributed by atoms with Crippen molar-refractivity contribution in [3.8, 4) is 17.1 Å². The smallest absolute Gasteiger partial charge is 0.221 e. The number of carbonyl (C=O) groups excluding carboxylic acids is 1. The zero-order valence-electron chi connectivity index (χ0n) is 13.0. The van der Waals surface area contributed by atoms with Crippen LogP contribution >= 0.6 is 0 Å². The van der Waals surface area contributed by atoms with Crippen LogP contribution in [-0.2, 0) is 4.79 Å². The largest absolute Gasteiger partial charge is 0.507 e. The predicted molar refractivity (Wildman–Crippen MR) is 95.0 cm³/mol. The molecule has 3 N–H and O–H groups in total. The zero-order chi connectivity index (χ0) is 16.7. The van der Waals surface area contributed by atoms with Gasteiger partial charge in [0, 0.05) is 18.0 Å². The Hall–Kier alpha value is -3.34. The first kappa shape index (κ1) is 14.3. The van der Waals surface area contributed by atoms with Crippen molar-refractivity contribution >= 4 is 33.4 Å². The van der Waals surface area contributed by atoms with E-state index in [1.165, 1.54) is 6.92 Å². The first-order valence-corrected chi connectivity index (χ1v) is 7.60. The van der Waals surface area contributed by atoms with E-state index in [0.717, 1.165) is 21.8 Å². The molecule has 1 amide bonds. The van der Waals surface area contributed by atoms with E-state index in [2.05, 4.69) is 15.3 Å². The number of nitrogens with zero attached hydrogens (tertiary/aromatic N) is 1. The number of phenolic OH excluding ortho intramolecular Hbond substituents is 1. The van der Waals surface area contributed by atoms with E-state index in [4.69, 9.17) is 0 Å². The van der Waals surface area contributed by atoms with Crippen molar-refractivity contribution < 1.29 is 9.90 Å². The van der Waals surface area contributed by atoms with Gasteiger partial charge in [0.25, 0.3) is 0 Å². The fourth-order valence-corrected chi connectivity index (χ4v) is 2.86. The predicted octanol–water partition coefficient (Wildman–Crippen LogP) is 4.05. The summed E-state index contributed by atoms with van der Waals surface area (Å²) in [6, 6.07) is 16.9. The van der Waals surface area contributed by atoms with Crippen LogP contribution in [0.25, 0.3) is 33.2 Å². The number of fused-ring (bicyclic) bond motifs is 2. The third kappa shape index (κ3) is 2.36. The molecular weight excluding hydrogens is 302 g/mol. The molecule has 1 aromatic heterocycles. The molecule has 4 rings (SSSR count). The van der Waals surface area contributed by atoms with Crippen LogP contribution in [0.4, 0.5) is 5.69 Å². The van der Waals surface area contributed by atoms with E-state index in [1.807, 2.05) is 48.5 Å². The summed E-state index contributed by atoms with van der Waals surface area (Å²) in [7, 11) is 0. The Labute approximate surface area is 138 Å². The first-order chi connectivity index (χ1) is 11.6. The van der Waals surface area contributed by atoms with Gasteiger partial charge in [0.15, 0.2) is 0 Å². The van der Waals surface area contributed by atoms with Gasteiger partial charge in [0.2, 0.25) is 5.91 Å². The van der Waals surface area contributed by atoms with Crippen LogP contribution in [0, 0.1) is 0 Å². The topological polar surface area (TPSA) is 78.0 Å². The van der Waals surface area contributed by atoms with Gasteiger partial charge in [-0.2, -0.15) is 0 Å². The number of rotatable bonds is 2. The maximum absolute atomic E-state index is 11.2. The lowest BCUT2D eigenvalue weighted by molar-refractivity contribution is -0.114. The van der Waals surface area contributed by atoms with Crippen molar-refractivity contribution in [2.45, 2.75) is 6.92 Å². The number of amides is 1. The molecule has 0 aliphatic carbocycles. The molecule has 0 fully saturated rings. The van der Waals surface area contributed by atoms with E-state index in [-0.39, 0.29) is 11.7 Å². The van der Waals surface area contributed by atoms with Crippen LogP contribution in [0.5, 0.6) is 5.75 Å². The fourth-order valence-electron chi connectivity index (χ4n) is 2.86. The van der Waals surface area contributed by atoms with E-state index < -0.39 is 0 Å². The number of phenols is 1. The molecule has 0 aliphatic heterocycles. The molecule has 4 aromatic rings. The summed E-state index contributed by atoms with van der Waals surface area (Å²) in [6.45, 7) is 1.47. The van der Waals surface area contributed by atoms with Gasteiger partial charge in [-0.05, 0) is 29.7 Å². The maximum atomic E-state index is 11.2. The standard InChI is InChI=1S/C19H15N3O2/c1-11(23)20-13-7-9-16-17(10-13)22-19(21-16)15-8-6-12-4-2-3-5-14(12)18(15)24/h2-10,24H,1H3,(H,20,23)(H,21,22). The van der Waals surface area contributed by atoms with Crippen molar-refractivity contribution in [1.82, 2.24) is 9.97 Å². The Morgan fingerprint density at radius 2 is 1.96 bits per heavy atom. The third-order valence-corrected chi connectivity index (χ3v) is 3.96. The van der Waals surface area contributed by atoms with Crippen LogP contribution in [0.15, 0.2) is 54.6 Å². The summed E-state index contributed by atoms with van der Waals surface area (Å²) in [5.41, 5.74) is 2.91. The number of imidazole rings is 1. The number of hydrogen-bond acceptors (Lipinski definition) is 3. The van der Waals surface area contributed by atoms with Crippen molar-refractivity contribution in [3.63, 3.8) is 0 Å². The highest BCUT2D eigenvalue weighted by atomic mass is 16.3. The van der Waals surface area contributed by atoms with E-state index in [0.29, 0.717) is 17.1 Å². The second-order valence-corrected chi connectivity index (χ2v) is 5.68. The van der Waals surface area contributed by atoms with Gasteiger partial charge in [0.1, 0.15) is 11.6 Å². The van der Waals surface area contributed by atoms with E-state index >= 15 is 0 Å². The highest BCUT2D eigenvalue weighted by Gasteiger charge is 2.12. The molecule has 24 heavy (non-hydrogen) atoms. The molecule has 118 valence electrons. The second kappa shape index (κ2) is 5.38. The SMILES string of the molecule is CC(=O)Nc1ccc2nc(-c3ccc4ccccc4c3O)[nH]c2c1. The van der Waals surface area contributed by atoms with Crippen LogP contribution in [0.1, 0.15) is 6.92 Å². The van der Waals surface area contributed by atoms with Crippen LogP contribution in [-0.4, -0.2) is 21.0 Å². The summed E-state index contributed by atoms with van der Waals surface area (Å²) in [5, 5.41) is 15.1. The summed E-state index contributed by atoms with van der Waals surface area (Å²) in [4.78, 5) is 18.9. The van der Waals surface area contributed by atoms with Crippen LogP contribution in [0.2, 0.25) is 0 Å². The molecule has 0 bridgehead atoms. The lowest BCUT2D eigenvalue weighted by atomic mass is 10.1. The molecule has 5 nitrogen and oxygen atoms in total. The molecule has 3 aromatic carbocycles.